The summed E-state index contributed by atoms with van der Waals surface area (Å²) < 4.78 is 30.6. The average Bonchev–Trinajstić information content (AvgIpc) is 3.17. The van der Waals surface area contributed by atoms with Crippen molar-refractivity contribution in [1.29, 1.82) is 0 Å². The van der Waals surface area contributed by atoms with E-state index >= 15 is 8.78 Å². The number of rotatable bonds is 11. The van der Waals surface area contributed by atoms with Gasteiger partial charge in [0.1, 0.15) is 17.7 Å². The zero-order valence-corrected chi connectivity index (χ0v) is 31.4. The Morgan fingerprint density at radius 3 is 2.38 bits per heavy atom. The zero-order chi connectivity index (χ0) is 39.3. The molecule has 298 valence electrons. The van der Waals surface area contributed by atoms with Crippen LogP contribution >= 0.6 is 0 Å². The first kappa shape index (κ1) is 38.6. The first-order valence-corrected chi connectivity index (χ1v) is 19.2. The number of aromatic nitrogens is 3. The van der Waals surface area contributed by atoms with E-state index in [1.165, 1.54) is 19.1 Å². The molecule has 0 aliphatic carbocycles. The number of carbonyl (C=O) groups is 4. The first-order valence-electron chi connectivity index (χ1n) is 19.2. The van der Waals surface area contributed by atoms with E-state index in [1.54, 1.807) is 18.2 Å². The van der Waals surface area contributed by atoms with Gasteiger partial charge in [-0.2, -0.15) is 4.98 Å². The molecule has 1 aromatic heterocycles. The molecule has 1 unspecified atom stereocenters. The Bertz CT molecular complexity index is 1950. The number of benzene rings is 2. The highest BCUT2D eigenvalue weighted by atomic mass is 19.1. The molecule has 4 fully saturated rings. The van der Waals surface area contributed by atoms with Crippen LogP contribution in [0.15, 0.2) is 36.4 Å². The number of carbonyl (C=O) groups excluding carboxylic acids is 4. The zero-order valence-electron chi connectivity index (χ0n) is 31.4. The third-order valence-corrected chi connectivity index (χ3v) is 11.0. The number of imide groups is 1. The van der Waals surface area contributed by atoms with Gasteiger partial charge >= 0.3 is 0 Å². The van der Waals surface area contributed by atoms with Crippen LogP contribution in [0.25, 0.3) is 0 Å². The van der Waals surface area contributed by atoms with Gasteiger partial charge in [-0.3, -0.25) is 29.4 Å². The van der Waals surface area contributed by atoms with Crippen molar-refractivity contribution < 1.29 is 28.0 Å². The molecule has 4 saturated heterocycles. The Kier molecular flexibility index (Phi) is 11.7. The lowest BCUT2D eigenvalue weighted by molar-refractivity contribution is -0.133. The van der Waals surface area contributed by atoms with Crippen molar-refractivity contribution in [3.8, 4) is 0 Å². The average molecular weight is 775 g/mol. The van der Waals surface area contributed by atoms with Gasteiger partial charge in [-0.15, -0.1) is 10.2 Å². The molecule has 56 heavy (non-hydrogen) atoms. The fourth-order valence-corrected chi connectivity index (χ4v) is 7.99. The standard InChI is InChI=1S/C38H48F2N12O4/c1-23(53)42-26-3-2-12-52(22-26)38-46-36(34(35(41)55)47-48-38)43-25-4-8-32(29(40)19-25)51-17-15-49(16-18-51)21-24-10-13-50(14-11-24)27-5-6-30(28(39)20-27)44-31-7-9-33(54)45-37(31)56/h4-6,8,19-20,24,26,31,44H,2-3,7,9-18,21-22H2,1H3,(H2,41,55)(H,42,53)(H,43,46,48)(H,45,54,56)/t26-,31?/m1/s1. The summed E-state index contributed by atoms with van der Waals surface area (Å²) in [6.45, 7) is 8.09. The Morgan fingerprint density at radius 1 is 0.893 bits per heavy atom. The molecule has 18 heteroatoms. The quantitative estimate of drug-likeness (QED) is 0.179. The van der Waals surface area contributed by atoms with Crippen LogP contribution < -0.4 is 41.7 Å². The molecule has 0 radical (unpaired) electrons. The van der Waals surface area contributed by atoms with Crippen LogP contribution in [-0.4, -0.2) is 115 Å². The fraction of sp³-hybridized carbons (Fsp3) is 0.500. The van der Waals surface area contributed by atoms with Gasteiger partial charge in [0.15, 0.2) is 11.5 Å². The SMILES string of the molecule is CC(=O)N[C@@H]1CCCN(c2nnc(C(N)=O)c(Nc3ccc(N4CCN(CC5CCN(c6ccc(NC7CCC(=O)NC7=O)c(F)c6)CC5)CC4)c(F)c3)n2)C1. The van der Waals surface area contributed by atoms with Crippen LogP contribution in [0.2, 0.25) is 0 Å². The number of nitrogens with zero attached hydrogens (tertiary/aromatic N) is 7. The lowest BCUT2D eigenvalue weighted by Gasteiger charge is -2.40. The lowest BCUT2D eigenvalue weighted by Crippen LogP contribution is -2.49. The molecule has 0 saturated carbocycles. The van der Waals surface area contributed by atoms with E-state index in [4.69, 9.17) is 5.73 Å². The summed E-state index contributed by atoms with van der Waals surface area (Å²) >= 11 is 0. The molecule has 5 heterocycles. The van der Waals surface area contributed by atoms with Crippen molar-refractivity contribution in [1.82, 2.24) is 30.7 Å². The molecule has 6 N–H and O–H groups in total. The molecule has 16 nitrogen and oxygen atoms in total. The van der Waals surface area contributed by atoms with Crippen molar-refractivity contribution in [3.05, 3.63) is 53.7 Å². The van der Waals surface area contributed by atoms with Crippen molar-refractivity contribution in [2.45, 2.75) is 57.5 Å². The van der Waals surface area contributed by atoms with E-state index in [1.807, 2.05) is 15.9 Å². The van der Waals surface area contributed by atoms with E-state index in [2.05, 4.69) is 46.2 Å². The number of nitrogens with two attached hydrogens (primary N) is 1. The van der Waals surface area contributed by atoms with E-state index in [9.17, 15) is 19.2 Å². The van der Waals surface area contributed by atoms with E-state index < -0.39 is 29.5 Å². The van der Waals surface area contributed by atoms with Crippen molar-refractivity contribution in [2.24, 2.45) is 11.7 Å². The smallest absolute Gasteiger partial charge is 0.273 e. The maximum absolute atomic E-state index is 15.6. The van der Waals surface area contributed by atoms with Gasteiger partial charge in [0.25, 0.3) is 5.91 Å². The molecule has 0 bridgehead atoms. The van der Waals surface area contributed by atoms with E-state index in [-0.39, 0.29) is 47.4 Å². The molecule has 0 spiro atoms. The molecule has 4 aliphatic heterocycles. The summed E-state index contributed by atoms with van der Waals surface area (Å²) in [6, 6.07) is 9.11. The highest BCUT2D eigenvalue weighted by Gasteiger charge is 2.29. The lowest BCUT2D eigenvalue weighted by atomic mass is 9.95. The first-order chi connectivity index (χ1) is 27.0. The topological polar surface area (TPSA) is 194 Å². The number of anilines is 6. The number of primary amides is 1. The maximum Gasteiger partial charge on any atom is 0.273 e. The van der Waals surface area contributed by atoms with Crippen molar-refractivity contribution in [3.63, 3.8) is 0 Å². The van der Waals surface area contributed by atoms with Crippen LogP contribution in [0.1, 0.15) is 55.9 Å². The van der Waals surface area contributed by atoms with Gasteiger partial charge in [-0.05, 0) is 74.4 Å². The van der Waals surface area contributed by atoms with Gasteiger partial charge in [-0.25, -0.2) is 8.78 Å². The number of amides is 4. The predicted molar refractivity (Wildman–Crippen MR) is 207 cm³/mol. The van der Waals surface area contributed by atoms with Crippen LogP contribution in [-0.2, 0) is 14.4 Å². The number of hydrogen-bond donors (Lipinski definition) is 5. The second-order valence-electron chi connectivity index (χ2n) is 15.0. The molecule has 4 amide bonds. The van der Waals surface area contributed by atoms with E-state index in [0.717, 1.165) is 64.1 Å². The Balaban J connectivity index is 0.888. The number of nitrogens with one attached hydrogen (secondary N) is 4. The molecule has 7 rings (SSSR count). The van der Waals surface area contributed by atoms with Crippen LogP contribution in [0.3, 0.4) is 0 Å². The monoisotopic (exact) mass is 774 g/mol. The highest BCUT2D eigenvalue weighted by molar-refractivity contribution is 6.01. The minimum Gasteiger partial charge on any atom is -0.371 e. The van der Waals surface area contributed by atoms with Crippen molar-refractivity contribution in [2.75, 3.05) is 84.2 Å². The number of hydrogen-bond acceptors (Lipinski definition) is 13. The largest absolute Gasteiger partial charge is 0.371 e. The second kappa shape index (κ2) is 17.0. The van der Waals surface area contributed by atoms with Gasteiger partial charge < -0.3 is 36.4 Å². The molecule has 3 aromatic rings. The van der Waals surface area contributed by atoms with Crippen LogP contribution in [0.4, 0.5) is 43.3 Å². The minimum absolute atomic E-state index is 0.0668. The molecule has 2 aromatic carbocycles. The third-order valence-electron chi connectivity index (χ3n) is 11.0. The summed E-state index contributed by atoms with van der Waals surface area (Å²) in [5, 5.41) is 19.3. The molecular weight excluding hydrogens is 726 g/mol. The van der Waals surface area contributed by atoms with Crippen molar-refractivity contribution >= 4 is 58.1 Å². The minimum atomic E-state index is -0.822. The van der Waals surface area contributed by atoms with Gasteiger partial charge in [0.05, 0.1) is 11.4 Å². The van der Waals surface area contributed by atoms with E-state index in [0.29, 0.717) is 49.9 Å². The van der Waals surface area contributed by atoms with Gasteiger partial charge in [0, 0.05) is 89.7 Å². The highest BCUT2D eigenvalue weighted by Crippen LogP contribution is 2.30. The normalized spacial score (nSPS) is 21.1. The Morgan fingerprint density at radius 2 is 1.68 bits per heavy atom. The molecular formula is C38H48F2N12O4. The summed E-state index contributed by atoms with van der Waals surface area (Å²) in [6.07, 6.45) is 4.12. The van der Waals surface area contributed by atoms with Gasteiger partial charge in [0.2, 0.25) is 23.7 Å². The number of halogens is 2. The predicted octanol–water partition coefficient (Wildman–Crippen LogP) is 2.35. The molecule has 2 atom stereocenters. The maximum atomic E-state index is 15.6. The summed E-state index contributed by atoms with van der Waals surface area (Å²) in [7, 11) is 0. The summed E-state index contributed by atoms with van der Waals surface area (Å²) in [5.41, 5.74) is 7.31. The Hall–Kier alpha value is -5.65. The Labute approximate surface area is 323 Å². The fourth-order valence-electron chi connectivity index (χ4n) is 7.99. The summed E-state index contributed by atoms with van der Waals surface area (Å²) in [4.78, 5) is 60.3. The molecule has 4 aliphatic rings. The number of piperidine rings is 3. The van der Waals surface area contributed by atoms with Crippen LogP contribution in [0, 0.1) is 17.6 Å². The third kappa shape index (κ3) is 9.23. The van der Waals surface area contributed by atoms with Crippen LogP contribution in [0.5, 0.6) is 0 Å². The number of piperazine rings is 1. The van der Waals surface area contributed by atoms with Gasteiger partial charge in [-0.1, -0.05) is 0 Å². The summed E-state index contributed by atoms with van der Waals surface area (Å²) in [5.74, 6) is -1.70. The second-order valence-corrected chi connectivity index (χ2v) is 15.0.